The molecule has 0 aliphatic carbocycles. The van der Waals surface area contributed by atoms with Crippen molar-refractivity contribution < 1.29 is 75.8 Å². The van der Waals surface area contributed by atoms with Gasteiger partial charge in [0.15, 0.2) is 6.10 Å². The highest BCUT2D eigenvalue weighted by Crippen LogP contribution is 2.45. The van der Waals surface area contributed by atoms with Crippen molar-refractivity contribution >= 4 is 33.6 Å². The van der Waals surface area contributed by atoms with Crippen LogP contribution in [0.2, 0.25) is 0 Å². The van der Waals surface area contributed by atoms with Crippen molar-refractivity contribution in [1.29, 1.82) is 0 Å². The molecule has 5 atom stereocenters. The van der Waals surface area contributed by atoms with E-state index in [1.54, 1.807) is 0 Å². The van der Waals surface area contributed by atoms with Gasteiger partial charge >= 0.3 is 33.6 Å². The number of unbranched alkanes of at least 4 members (excludes halogenated alkanes) is 33. The lowest BCUT2D eigenvalue weighted by atomic mass is 10.0. The van der Waals surface area contributed by atoms with Gasteiger partial charge in [-0.2, -0.15) is 0 Å². The monoisotopic (exact) mass is 1750 g/mol. The summed E-state index contributed by atoms with van der Waals surface area (Å²) in [5.41, 5.74) is 0. The fourth-order valence-corrected chi connectivity index (χ4v) is 14.4. The molecule has 0 radical (unpaired) electrons. The summed E-state index contributed by atoms with van der Waals surface area (Å²) in [5, 5.41) is 20.8. The Morgan fingerprint density at radius 3 is 0.642 bits per heavy atom. The van der Waals surface area contributed by atoms with Gasteiger partial charge in [-0.15, -0.1) is 0 Å². The number of esters is 3. The zero-order valence-electron chi connectivity index (χ0n) is 77.3. The molecule has 0 aliphatic rings. The van der Waals surface area contributed by atoms with Crippen LogP contribution in [0.3, 0.4) is 0 Å². The Hall–Kier alpha value is -5.87. The molecule has 0 aromatic rings. The molecule has 0 rings (SSSR count). The Labute approximate surface area is 750 Å². The van der Waals surface area contributed by atoms with Gasteiger partial charge in [-0.3, -0.25) is 32.5 Å². The number of phosphoric acid groups is 2. The van der Waals surface area contributed by atoms with Crippen molar-refractivity contribution in [1.82, 2.24) is 0 Å². The number of allylic oxidation sites excluding steroid dienone is 34. The number of aliphatic hydroxyl groups is 2. The lowest BCUT2D eigenvalue weighted by Crippen LogP contribution is -2.30. The van der Waals surface area contributed by atoms with E-state index in [2.05, 4.69) is 227 Å². The van der Waals surface area contributed by atoms with Crippen molar-refractivity contribution in [2.45, 2.75) is 399 Å². The fourth-order valence-electron chi connectivity index (χ4n) is 12.8. The molecule has 0 aliphatic heterocycles. The van der Waals surface area contributed by atoms with Crippen LogP contribution >= 0.6 is 15.6 Å². The maximum Gasteiger partial charge on any atom is 0.472 e. The van der Waals surface area contributed by atoms with E-state index in [1.807, 2.05) is 0 Å². The van der Waals surface area contributed by atoms with Crippen LogP contribution in [0.4, 0.5) is 0 Å². The number of phosphoric ester groups is 2. The molecule has 0 saturated heterocycles. The van der Waals surface area contributed by atoms with Crippen LogP contribution < -0.4 is 0 Å². The van der Waals surface area contributed by atoms with Gasteiger partial charge in [0.2, 0.25) is 0 Å². The van der Waals surface area contributed by atoms with Crippen molar-refractivity contribution in [2.75, 3.05) is 39.6 Å². The zero-order valence-corrected chi connectivity index (χ0v) is 79.1. The predicted molar refractivity (Wildman–Crippen MR) is 518 cm³/mol. The van der Waals surface area contributed by atoms with Crippen molar-refractivity contribution in [2.24, 2.45) is 0 Å². The highest BCUT2D eigenvalue weighted by molar-refractivity contribution is 7.47. The topological polar surface area (TPSA) is 231 Å². The van der Waals surface area contributed by atoms with Gasteiger partial charge in [0, 0.05) is 19.3 Å². The summed E-state index contributed by atoms with van der Waals surface area (Å²) in [6.45, 7) is 2.37. The third kappa shape index (κ3) is 96.6. The molecule has 18 heteroatoms. The summed E-state index contributed by atoms with van der Waals surface area (Å²) in [4.78, 5) is 59.1. The first-order valence-electron chi connectivity index (χ1n) is 48.4. The Kier molecular flexibility index (Phi) is 90.7. The van der Waals surface area contributed by atoms with Gasteiger partial charge in [0.05, 0.1) is 26.4 Å². The SMILES string of the molecule is CC/C=C\C/C=C\C/C=C\C/C=C\C/C=C\C/C=C\CCCCCCCCCCCCCCCCC(=O)OCC(O)COP(=O)(O)OCC(O)COP(=O)(O)OCC(COC(=O)CCCCCCCCCCCC/C=C\C/C=C\C/C=C\C/C=C\C/C=C\C/C=C\CC)OC(=O)CCCCCCCCCCC/C=C\C/C=C\C/C=C\C/C=C\C/C=C\CC. The molecular formula is C105H174O16P2. The lowest BCUT2D eigenvalue weighted by molar-refractivity contribution is -0.161. The molecule has 4 N–H and O–H groups in total. The molecule has 5 unspecified atom stereocenters. The highest BCUT2D eigenvalue weighted by Gasteiger charge is 2.30. The van der Waals surface area contributed by atoms with E-state index in [9.17, 15) is 43.5 Å². The van der Waals surface area contributed by atoms with Gasteiger partial charge in [0.1, 0.15) is 25.4 Å². The number of carbonyl (C=O) groups is 3. The first kappa shape index (κ1) is 117. The minimum atomic E-state index is -4.95. The van der Waals surface area contributed by atoms with E-state index in [0.29, 0.717) is 19.3 Å². The minimum Gasteiger partial charge on any atom is -0.463 e. The minimum absolute atomic E-state index is 0.0895. The average Bonchev–Trinajstić information content (AvgIpc) is 0.892. The number of aliphatic hydroxyl groups excluding tert-OH is 2. The summed E-state index contributed by atoms with van der Waals surface area (Å²) in [7, 11) is -9.83. The molecule has 0 amide bonds. The fraction of sp³-hybridized carbons (Fsp3) is 0.648. The average molecular weight is 1750 g/mol. The van der Waals surface area contributed by atoms with Crippen LogP contribution in [-0.4, -0.2) is 95.9 Å². The summed E-state index contributed by atoms with van der Waals surface area (Å²) >= 11 is 0. The van der Waals surface area contributed by atoms with Crippen LogP contribution in [-0.2, 0) is 55.8 Å². The zero-order chi connectivity index (χ0) is 89.3. The Balaban J connectivity index is 4.63. The first-order valence-corrected chi connectivity index (χ1v) is 51.4. The Bertz CT molecular complexity index is 3070. The van der Waals surface area contributed by atoms with Gasteiger partial charge in [-0.25, -0.2) is 9.13 Å². The second-order valence-electron chi connectivity index (χ2n) is 31.7. The van der Waals surface area contributed by atoms with E-state index >= 15 is 0 Å². The van der Waals surface area contributed by atoms with E-state index in [4.69, 9.17) is 32.3 Å². The second kappa shape index (κ2) is 95.2. The van der Waals surface area contributed by atoms with Gasteiger partial charge in [-0.05, 0) is 167 Å². The van der Waals surface area contributed by atoms with Crippen LogP contribution in [0, 0.1) is 0 Å². The number of hydrogen-bond acceptors (Lipinski definition) is 14. The van der Waals surface area contributed by atoms with Crippen LogP contribution in [0.1, 0.15) is 380 Å². The molecule has 0 fully saturated rings. The quantitative estimate of drug-likeness (QED) is 0.0146. The maximum atomic E-state index is 13.1. The second-order valence-corrected chi connectivity index (χ2v) is 34.6. The smallest absolute Gasteiger partial charge is 0.463 e. The summed E-state index contributed by atoms with van der Waals surface area (Å²) < 4.78 is 61.6. The van der Waals surface area contributed by atoms with Crippen molar-refractivity contribution in [3.8, 4) is 0 Å². The number of hydrogen-bond donors (Lipinski definition) is 4. The lowest BCUT2D eigenvalue weighted by Gasteiger charge is -2.21. The summed E-state index contributed by atoms with van der Waals surface area (Å²) in [6, 6.07) is 0. The maximum absolute atomic E-state index is 13.1. The third-order valence-corrected chi connectivity index (χ3v) is 21.9. The Morgan fingerprint density at radius 1 is 0.228 bits per heavy atom. The first-order chi connectivity index (χ1) is 60.2. The van der Waals surface area contributed by atoms with E-state index in [1.165, 1.54) is 116 Å². The van der Waals surface area contributed by atoms with E-state index in [-0.39, 0.29) is 19.3 Å². The molecule has 0 spiro atoms. The largest absolute Gasteiger partial charge is 0.472 e. The van der Waals surface area contributed by atoms with Crippen LogP contribution in [0.15, 0.2) is 207 Å². The molecule has 0 aromatic heterocycles. The van der Waals surface area contributed by atoms with E-state index in [0.717, 1.165) is 205 Å². The normalized spacial score (nSPS) is 14.6. The van der Waals surface area contributed by atoms with Gasteiger partial charge in [0.25, 0.3) is 0 Å². The molecule has 0 aromatic carbocycles. The van der Waals surface area contributed by atoms with E-state index < -0.39 is 91.5 Å². The van der Waals surface area contributed by atoms with Gasteiger partial charge in [-0.1, -0.05) is 401 Å². The van der Waals surface area contributed by atoms with Gasteiger partial charge < -0.3 is 34.2 Å². The molecule has 700 valence electrons. The summed E-state index contributed by atoms with van der Waals surface area (Å²) in [5.74, 6) is -1.59. The van der Waals surface area contributed by atoms with Crippen LogP contribution in [0.5, 0.6) is 0 Å². The molecule has 0 heterocycles. The molecule has 16 nitrogen and oxygen atoms in total. The number of ether oxygens (including phenoxy) is 3. The molecule has 123 heavy (non-hydrogen) atoms. The third-order valence-electron chi connectivity index (χ3n) is 20.0. The predicted octanol–water partition coefficient (Wildman–Crippen LogP) is 30.3. The van der Waals surface area contributed by atoms with Crippen molar-refractivity contribution in [3.05, 3.63) is 207 Å². The number of rotatable bonds is 90. The Morgan fingerprint density at radius 2 is 0.407 bits per heavy atom. The standard InChI is InChI=1S/C105H174O16P2/c1-4-7-10-13-16-19-22-25-28-31-34-37-40-43-45-47-48-49-50-52-54-56-58-61-64-67-70-73-76-79-82-85-88-91-103(108)115-94-100(106)95-117-122(111,112)118-96-101(107)97-119-123(113,114)120-99-102(121-105(110)93-90-87-84-81-78-75-72-69-66-63-60-55-42-39-36-33-30-27-24-21-18-15-12-9-6-3)98-116-104(109)92-89-86-83-80-77-74-71-68-65-62-59-57-53-51-46-44-41-38-35-32-29-26-23-20-17-14-11-8-5-2/h7-12,16-21,25-30,34-39,43-46,48-49,53,55,57,60,100-102,106-107H,4-6,13-15,22-24,31-33,40-42,47,50-52,54,56,58-59,61-99H2,1-3H3,(H,111,112)(H,113,114)/b10-7-,11-8-,12-9-,19-16-,20-17-,21-18-,28-25-,29-26-,30-27-,37-34-,38-35-,39-36-,45-43-,46-44-,49-48-,57-53-,60-55-. The van der Waals surface area contributed by atoms with Crippen molar-refractivity contribution in [3.63, 3.8) is 0 Å². The summed E-state index contributed by atoms with van der Waals surface area (Å²) in [6.07, 6.45) is 129. The number of carbonyl (C=O) groups excluding carboxylic acids is 3. The molecule has 0 saturated carbocycles. The highest BCUT2D eigenvalue weighted by atomic mass is 31.2. The molecular weight excluding hydrogens is 1580 g/mol. The van der Waals surface area contributed by atoms with Crippen LogP contribution in [0.25, 0.3) is 0 Å². The molecule has 0 bridgehead atoms.